The highest BCUT2D eigenvalue weighted by Crippen LogP contribution is 2.08. The first-order chi connectivity index (χ1) is 9.15. The van der Waals surface area contributed by atoms with Crippen molar-refractivity contribution in [2.75, 3.05) is 5.73 Å². The molecule has 0 spiro atoms. The number of anilines is 1. The molecular formula is C16H18N2O. The van der Waals surface area contributed by atoms with Gasteiger partial charge in [-0.25, -0.2) is 0 Å². The maximum Gasteiger partial charge on any atom is 0.142 e. The van der Waals surface area contributed by atoms with Crippen molar-refractivity contribution in [1.82, 2.24) is 0 Å². The van der Waals surface area contributed by atoms with Gasteiger partial charge in [-0.1, -0.05) is 47.1 Å². The lowest BCUT2D eigenvalue weighted by Crippen LogP contribution is -1.97. The van der Waals surface area contributed by atoms with Crippen LogP contribution in [0.2, 0.25) is 0 Å². The second-order valence-electron chi connectivity index (χ2n) is 4.56. The number of rotatable bonds is 4. The molecule has 0 aromatic heterocycles. The molecule has 0 atom stereocenters. The second-order valence-corrected chi connectivity index (χ2v) is 4.56. The van der Waals surface area contributed by atoms with E-state index in [-0.39, 0.29) is 0 Å². The third-order valence-corrected chi connectivity index (χ3v) is 2.85. The van der Waals surface area contributed by atoms with Crippen LogP contribution in [0.5, 0.6) is 0 Å². The highest BCUT2D eigenvalue weighted by Gasteiger charge is 1.98. The number of nitrogen functional groups attached to an aromatic ring is 1. The largest absolute Gasteiger partial charge is 0.399 e. The quantitative estimate of drug-likeness (QED) is 0.515. The molecule has 2 rings (SSSR count). The van der Waals surface area contributed by atoms with Gasteiger partial charge < -0.3 is 10.6 Å². The van der Waals surface area contributed by atoms with E-state index in [2.05, 4.69) is 24.2 Å². The van der Waals surface area contributed by atoms with Gasteiger partial charge in [0.15, 0.2) is 0 Å². The van der Waals surface area contributed by atoms with Crippen LogP contribution in [0.1, 0.15) is 23.6 Å². The maximum absolute atomic E-state index is 5.63. The molecule has 0 bridgehead atoms. The number of oxime groups is 1. The predicted molar refractivity (Wildman–Crippen MR) is 79.0 cm³/mol. The maximum atomic E-state index is 5.63. The zero-order valence-corrected chi connectivity index (χ0v) is 11.3. The summed E-state index contributed by atoms with van der Waals surface area (Å²) in [5, 5.41) is 4.14. The number of aryl methyl sites for hydroxylation is 1. The summed E-state index contributed by atoms with van der Waals surface area (Å²) in [4.78, 5) is 5.36. The lowest BCUT2D eigenvalue weighted by molar-refractivity contribution is 0.130. The average Bonchev–Trinajstić information content (AvgIpc) is 2.41. The van der Waals surface area contributed by atoms with Gasteiger partial charge in [0, 0.05) is 5.69 Å². The number of nitrogens with two attached hydrogens (primary N) is 1. The van der Waals surface area contributed by atoms with Crippen LogP contribution >= 0.6 is 0 Å². The van der Waals surface area contributed by atoms with Gasteiger partial charge in [-0.05, 0) is 37.1 Å². The summed E-state index contributed by atoms with van der Waals surface area (Å²) in [5.41, 5.74) is 10.6. The number of hydrogen-bond acceptors (Lipinski definition) is 3. The zero-order chi connectivity index (χ0) is 13.7. The molecule has 0 saturated carbocycles. The molecule has 2 aromatic carbocycles. The molecule has 2 N–H and O–H groups in total. The molecule has 0 unspecified atom stereocenters. The summed E-state index contributed by atoms with van der Waals surface area (Å²) in [6.07, 6.45) is 0. The summed E-state index contributed by atoms with van der Waals surface area (Å²) < 4.78 is 0. The normalized spacial score (nSPS) is 11.4. The Labute approximate surface area is 113 Å². The van der Waals surface area contributed by atoms with E-state index < -0.39 is 0 Å². The highest BCUT2D eigenvalue weighted by molar-refractivity contribution is 5.98. The van der Waals surface area contributed by atoms with Crippen molar-refractivity contribution in [2.45, 2.75) is 20.5 Å². The summed E-state index contributed by atoms with van der Waals surface area (Å²) in [5.74, 6) is 0. The van der Waals surface area contributed by atoms with Gasteiger partial charge in [0.25, 0.3) is 0 Å². The molecule has 2 aromatic rings. The van der Waals surface area contributed by atoms with E-state index >= 15 is 0 Å². The Morgan fingerprint density at radius 2 is 1.89 bits per heavy atom. The van der Waals surface area contributed by atoms with Crippen molar-refractivity contribution >= 4 is 11.4 Å². The highest BCUT2D eigenvalue weighted by atomic mass is 16.6. The molecule has 0 fully saturated rings. The van der Waals surface area contributed by atoms with Gasteiger partial charge in [0.2, 0.25) is 0 Å². The fraction of sp³-hybridized carbons (Fsp3) is 0.188. The van der Waals surface area contributed by atoms with E-state index in [1.807, 2.05) is 43.3 Å². The van der Waals surface area contributed by atoms with Crippen LogP contribution in [0.15, 0.2) is 53.7 Å². The number of nitrogens with zero attached hydrogens (tertiary/aromatic N) is 1. The van der Waals surface area contributed by atoms with Crippen molar-refractivity contribution < 1.29 is 4.84 Å². The Hall–Kier alpha value is -2.29. The Balaban J connectivity index is 1.97. The second kappa shape index (κ2) is 6.05. The molecule has 98 valence electrons. The van der Waals surface area contributed by atoms with Crippen molar-refractivity contribution in [1.29, 1.82) is 0 Å². The van der Waals surface area contributed by atoms with Gasteiger partial charge >= 0.3 is 0 Å². The van der Waals surface area contributed by atoms with Crippen LogP contribution in [0.3, 0.4) is 0 Å². The minimum Gasteiger partial charge on any atom is -0.399 e. The first-order valence-electron chi connectivity index (χ1n) is 6.23. The fourth-order valence-electron chi connectivity index (χ4n) is 1.74. The molecule has 0 saturated heterocycles. The smallest absolute Gasteiger partial charge is 0.142 e. The number of hydrogen-bond donors (Lipinski definition) is 1. The standard InChI is InChI=1S/C16H18N2O/c1-12-4-3-5-15(10-12)13(2)18-19-11-14-6-8-16(17)9-7-14/h3-10H,11,17H2,1-2H3/b18-13+. The molecule has 0 aliphatic carbocycles. The van der Waals surface area contributed by atoms with Gasteiger partial charge in [0.05, 0.1) is 5.71 Å². The third kappa shape index (κ3) is 3.85. The molecule has 0 radical (unpaired) electrons. The number of benzene rings is 2. The Morgan fingerprint density at radius 3 is 2.58 bits per heavy atom. The van der Waals surface area contributed by atoms with Crippen LogP contribution in [0.4, 0.5) is 5.69 Å². The van der Waals surface area contributed by atoms with Gasteiger partial charge in [0.1, 0.15) is 6.61 Å². The van der Waals surface area contributed by atoms with Crippen LogP contribution in [0.25, 0.3) is 0 Å². The van der Waals surface area contributed by atoms with Crippen molar-refractivity contribution in [2.24, 2.45) is 5.16 Å². The summed E-state index contributed by atoms with van der Waals surface area (Å²) >= 11 is 0. The van der Waals surface area contributed by atoms with Crippen molar-refractivity contribution in [3.8, 4) is 0 Å². The molecule has 0 heterocycles. The minimum absolute atomic E-state index is 0.448. The van der Waals surface area contributed by atoms with Crippen LogP contribution < -0.4 is 5.73 Å². The Kier molecular flexibility index (Phi) is 4.18. The van der Waals surface area contributed by atoms with E-state index in [9.17, 15) is 0 Å². The average molecular weight is 254 g/mol. The first-order valence-corrected chi connectivity index (χ1v) is 6.23. The van der Waals surface area contributed by atoms with Crippen LogP contribution in [-0.2, 0) is 11.4 Å². The van der Waals surface area contributed by atoms with Crippen LogP contribution in [0, 0.1) is 6.92 Å². The molecule has 3 nitrogen and oxygen atoms in total. The van der Waals surface area contributed by atoms with Gasteiger partial charge in [-0.15, -0.1) is 0 Å². The predicted octanol–water partition coefficient (Wildman–Crippen LogP) is 3.52. The summed E-state index contributed by atoms with van der Waals surface area (Å²) in [7, 11) is 0. The van der Waals surface area contributed by atoms with E-state index in [1.165, 1.54) is 5.56 Å². The monoisotopic (exact) mass is 254 g/mol. The zero-order valence-electron chi connectivity index (χ0n) is 11.3. The Bertz CT molecular complexity index is 574. The Morgan fingerprint density at radius 1 is 1.16 bits per heavy atom. The van der Waals surface area contributed by atoms with Gasteiger partial charge in [-0.3, -0.25) is 0 Å². The molecular weight excluding hydrogens is 236 g/mol. The van der Waals surface area contributed by atoms with Crippen molar-refractivity contribution in [3.63, 3.8) is 0 Å². The molecule has 19 heavy (non-hydrogen) atoms. The SMILES string of the molecule is C/C(=N\OCc1ccc(N)cc1)c1cccc(C)c1. The van der Waals surface area contributed by atoms with E-state index in [0.29, 0.717) is 6.61 Å². The molecule has 0 aliphatic heterocycles. The first kappa shape index (κ1) is 13.1. The molecule has 0 aliphatic rings. The lowest BCUT2D eigenvalue weighted by Gasteiger charge is -2.04. The summed E-state index contributed by atoms with van der Waals surface area (Å²) in [6, 6.07) is 15.8. The molecule has 0 amide bonds. The summed E-state index contributed by atoms with van der Waals surface area (Å²) in [6.45, 7) is 4.45. The van der Waals surface area contributed by atoms with E-state index in [1.54, 1.807) is 0 Å². The van der Waals surface area contributed by atoms with E-state index in [4.69, 9.17) is 10.6 Å². The fourth-order valence-corrected chi connectivity index (χ4v) is 1.74. The van der Waals surface area contributed by atoms with Gasteiger partial charge in [-0.2, -0.15) is 0 Å². The molecule has 3 heteroatoms. The van der Waals surface area contributed by atoms with Crippen LogP contribution in [-0.4, -0.2) is 5.71 Å². The minimum atomic E-state index is 0.448. The van der Waals surface area contributed by atoms with Crippen molar-refractivity contribution in [3.05, 3.63) is 65.2 Å². The third-order valence-electron chi connectivity index (χ3n) is 2.85. The lowest BCUT2D eigenvalue weighted by atomic mass is 10.1. The topological polar surface area (TPSA) is 47.6 Å². The van der Waals surface area contributed by atoms with E-state index in [0.717, 1.165) is 22.5 Å².